The van der Waals surface area contributed by atoms with Crippen LogP contribution in [0.25, 0.3) is 0 Å². The Morgan fingerprint density at radius 3 is 2.34 bits per heavy atom. The number of carbonyl (C=O) groups excluding carboxylic acids is 3. The van der Waals surface area contributed by atoms with E-state index in [4.69, 9.17) is 5.73 Å². The largest absolute Gasteiger partial charge is 0.366 e. The minimum Gasteiger partial charge on any atom is -0.366 e. The molecule has 1 fully saturated rings. The summed E-state index contributed by atoms with van der Waals surface area (Å²) in [6.07, 6.45) is 0. The highest BCUT2D eigenvalue weighted by Crippen LogP contribution is 2.26. The van der Waals surface area contributed by atoms with E-state index in [0.29, 0.717) is 36.7 Å². The average Bonchev–Trinajstić information content (AvgIpc) is 3.17. The number of hydrogen-bond acceptors (Lipinski definition) is 5. The van der Waals surface area contributed by atoms with Gasteiger partial charge in [-0.1, -0.05) is 30.3 Å². The molecule has 8 heteroatoms. The Hall–Kier alpha value is -2.71. The van der Waals surface area contributed by atoms with Gasteiger partial charge in [-0.2, -0.15) is 0 Å². The molecule has 1 saturated heterocycles. The molecule has 7 nitrogen and oxygen atoms in total. The van der Waals surface area contributed by atoms with Crippen molar-refractivity contribution < 1.29 is 14.4 Å². The highest BCUT2D eigenvalue weighted by molar-refractivity contribution is 7.14. The van der Waals surface area contributed by atoms with E-state index in [1.54, 1.807) is 11.4 Å². The van der Waals surface area contributed by atoms with Crippen molar-refractivity contribution in [1.82, 2.24) is 9.80 Å². The van der Waals surface area contributed by atoms with Crippen LogP contribution in [-0.2, 0) is 15.0 Å². The summed E-state index contributed by atoms with van der Waals surface area (Å²) in [7, 11) is 0. The van der Waals surface area contributed by atoms with Gasteiger partial charge in [-0.25, -0.2) is 0 Å². The zero-order valence-corrected chi connectivity index (χ0v) is 17.5. The normalized spacial score (nSPS) is 15.2. The summed E-state index contributed by atoms with van der Waals surface area (Å²) in [6, 6.07) is 11.4. The molecule has 2 heterocycles. The number of piperazine rings is 1. The van der Waals surface area contributed by atoms with Crippen molar-refractivity contribution in [2.75, 3.05) is 38.0 Å². The van der Waals surface area contributed by atoms with Crippen molar-refractivity contribution in [2.24, 2.45) is 5.73 Å². The molecule has 0 bridgehead atoms. The van der Waals surface area contributed by atoms with Gasteiger partial charge in [-0.05, 0) is 30.9 Å². The lowest BCUT2D eigenvalue weighted by Crippen LogP contribution is -2.54. The second-order valence-corrected chi connectivity index (χ2v) is 8.55. The predicted molar refractivity (Wildman–Crippen MR) is 114 cm³/mol. The van der Waals surface area contributed by atoms with Gasteiger partial charge in [-0.15, -0.1) is 11.3 Å². The maximum absolute atomic E-state index is 13.0. The first-order chi connectivity index (χ1) is 13.8. The summed E-state index contributed by atoms with van der Waals surface area (Å²) in [5, 5.41) is 4.95. The lowest BCUT2D eigenvalue weighted by atomic mass is 9.83. The van der Waals surface area contributed by atoms with Crippen molar-refractivity contribution in [3.8, 4) is 0 Å². The van der Waals surface area contributed by atoms with Gasteiger partial charge in [0.2, 0.25) is 11.8 Å². The topological polar surface area (TPSA) is 95.7 Å². The number of rotatable bonds is 6. The molecule has 1 aromatic carbocycles. The van der Waals surface area contributed by atoms with Gasteiger partial charge in [0.1, 0.15) is 5.00 Å². The van der Waals surface area contributed by atoms with E-state index in [2.05, 4.69) is 5.32 Å². The van der Waals surface area contributed by atoms with Crippen LogP contribution in [0.2, 0.25) is 0 Å². The van der Waals surface area contributed by atoms with Crippen LogP contribution < -0.4 is 11.1 Å². The molecule has 0 atom stereocenters. The minimum atomic E-state index is -0.592. The summed E-state index contributed by atoms with van der Waals surface area (Å²) in [5.41, 5.74) is 6.03. The number of hydrogen-bond donors (Lipinski definition) is 2. The first-order valence-corrected chi connectivity index (χ1v) is 10.4. The Morgan fingerprint density at radius 2 is 1.72 bits per heavy atom. The van der Waals surface area contributed by atoms with Crippen LogP contribution >= 0.6 is 11.3 Å². The number of benzene rings is 1. The molecule has 0 aliphatic carbocycles. The Kier molecular flexibility index (Phi) is 6.34. The number of carbonyl (C=O) groups is 3. The van der Waals surface area contributed by atoms with Crippen LogP contribution in [-0.4, -0.2) is 60.2 Å². The monoisotopic (exact) mass is 414 g/mol. The van der Waals surface area contributed by atoms with E-state index < -0.39 is 11.3 Å². The molecule has 0 spiro atoms. The van der Waals surface area contributed by atoms with E-state index in [9.17, 15) is 14.4 Å². The van der Waals surface area contributed by atoms with Gasteiger partial charge < -0.3 is 16.0 Å². The third-order valence-corrected chi connectivity index (χ3v) is 6.07. The second-order valence-electron chi connectivity index (χ2n) is 7.64. The van der Waals surface area contributed by atoms with Gasteiger partial charge >= 0.3 is 0 Å². The molecule has 0 unspecified atom stereocenters. The molecule has 0 radical (unpaired) electrons. The highest BCUT2D eigenvalue weighted by Gasteiger charge is 2.35. The molecule has 2 aromatic rings. The first kappa shape index (κ1) is 21.0. The van der Waals surface area contributed by atoms with E-state index in [0.717, 1.165) is 5.56 Å². The van der Waals surface area contributed by atoms with Crippen LogP contribution in [0.1, 0.15) is 29.8 Å². The summed E-state index contributed by atoms with van der Waals surface area (Å²) < 4.78 is 0. The van der Waals surface area contributed by atoms with Crippen molar-refractivity contribution in [3.05, 3.63) is 52.9 Å². The molecule has 0 saturated carbocycles. The molecule has 1 aliphatic rings. The van der Waals surface area contributed by atoms with Gasteiger partial charge in [0.05, 0.1) is 17.5 Å². The summed E-state index contributed by atoms with van der Waals surface area (Å²) in [6.45, 7) is 6.50. The number of nitrogens with one attached hydrogen (secondary N) is 1. The molecule has 3 amide bonds. The van der Waals surface area contributed by atoms with Crippen molar-refractivity contribution in [3.63, 3.8) is 0 Å². The van der Waals surface area contributed by atoms with Crippen LogP contribution in [0.5, 0.6) is 0 Å². The minimum absolute atomic E-state index is 0.0949. The fourth-order valence-electron chi connectivity index (χ4n) is 3.45. The molecule has 1 aliphatic heterocycles. The van der Waals surface area contributed by atoms with E-state index >= 15 is 0 Å². The molecular formula is C21H26N4O3S. The lowest BCUT2D eigenvalue weighted by Gasteiger charge is -2.38. The highest BCUT2D eigenvalue weighted by atomic mass is 32.1. The summed E-state index contributed by atoms with van der Waals surface area (Å²) >= 11 is 1.27. The van der Waals surface area contributed by atoms with Crippen molar-refractivity contribution in [1.29, 1.82) is 0 Å². The smallest absolute Gasteiger partial charge is 0.251 e. The van der Waals surface area contributed by atoms with Crippen LogP contribution in [0.4, 0.5) is 5.00 Å². The standard InChI is InChI=1S/C21H26N4O3S/c1-21(2,15-6-4-3-5-7-15)20(28)25-11-9-24(10-12-25)14-17(26)23-19-16(18(22)27)8-13-29-19/h3-8,13H,9-12,14H2,1-2H3,(H2,22,27)(H,23,26). The van der Waals surface area contributed by atoms with Crippen molar-refractivity contribution in [2.45, 2.75) is 19.3 Å². The molecule has 3 N–H and O–H groups in total. The molecular weight excluding hydrogens is 388 g/mol. The fourth-order valence-corrected chi connectivity index (χ4v) is 4.26. The lowest BCUT2D eigenvalue weighted by molar-refractivity contribution is -0.138. The maximum atomic E-state index is 13.0. The van der Waals surface area contributed by atoms with E-state index in [1.807, 2.05) is 54.0 Å². The maximum Gasteiger partial charge on any atom is 0.251 e. The van der Waals surface area contributed by atoms with Crippen LogP contribution in [0, 0.1) is 0 Å². The zero-order valence-electron chi connectivity index (χ0n) is 16.7. The quantitative estimate of drug-likeness (QED) is 0.755. The zero-order chi connectivity index (χ0) is 21.0. The number of thiophene rings is 1. The Bertz CT molecular complexity index is 886. The Morgan fingerprint density at radius 1 is 1.07 bits per heavy atom. The van der Waals surface area contributed by atoms with Crippen LogP contribution in [0.15, 0.2) is 41.8 Å². The number of nitrogens with zero attached hydrogens (tertiary/aromatic N) is 2. The summed E-state index contributed by atoms with van der Waals surface area (Å²) in [4.78, 5) is 40.6. The number of amides is 3. The third kappa shape index (κ3) is 4.83. The average molecular weight is 415 g/mol. The SMILES string of the molecule is CC(C)(C(=O)N1CCN(CC(=O)Nc2sccc2C(N)=O)CC1)c1ccccc1. The molecule has 154 valence electrons. The van der Waals surface area contributed by atoms with Gasteiger partial charge in [0, 0.05) is 26.2 Å². The van der Waals surface area contributed by atoms with Crippen LogP contribution in [0.3, 0.4) is 0 Å². The Balaban J connectivity index is 1.52. The van der Waals surface area contributed by atoms with Gasteiger partial charge in [0.15, 0.2) is 0 Å². The third-order valence-electron chi connectivity index (χ3n) is 5.24. The Labute approximate surface area is 174 Å². The van der Waals surface area contributed by atoms with E-state index in [1.165, 1.54) is 11.3 Å². The predicted octanol–water partition coefficient (Wildman–Crippen LogP) is 1.91. The van der Waals surface area contributed by atoms with Crippen molar-refractivity contribution >= 4 is 34.1 Å². The molecule has 1 aromatic heterocycles. The second kappa shape index (κ2) is 8.75. The number of nitrogens with two attached hydrogens (primary N) is 1. The number of primary amides is 1. The fraction of sp³-hybridized carbons (Fsp3) is 0.381. The number of anilines is 1. The molecule has 29 heavy (non-hydrogen) atoms. The van der Waals surface area contributed by atoms with E-state index in [-0.39, 0.29) is 18.4 Å². The van der Waals surface area contributed by atoms with Gasteiger partial charge in [0.25, 0.3) is 5.91 Å². The molecule has 3 rings (SSSR count). The summed E-state index contributed by atoms with van der Waals surface area (Å²) in [5.74, 6) is -0.661. The van der Waals surface area contributed by atoms with Gasteiger partial charge in [-0.3, -0.25) is 19.3 Å². The first-order valence-electron chi connectivity index (χ1n) is 9.53.